The second-order valence-electron chi connectivity index (χ2n) is 9.16. The van der Waals surface area contributed by atoms with Crippen LogP contribution in [0.4, 0.5) is 5.95 Å². The van der Waals surface area contributed by atoms with Crippen LogP contribution < -0.4 is 14.4 Å². The number of fused-ring (bicyclic) bond motifs is 1. The topological polar surface area (TPSA) is 67.8 Å². The molecular weight excluding hydrogens is 464 g/mol. The number of rotatable bonds is 5. The minimum atomic E-state index is -0.109. The predicted molar refractivity (Wildman–Crippen MR) is 136 cm³/mol. The normalized spacial score (nSPS) is 16.1. The largest absolute Gasteiger partial charge is 0.497 e. The summed E-state index contributed by atoms with van der Waals surface area (Å²) in [4.78, 5) is 27.1. The Balaban J connectivity index is 1.49. The first-order valence-corrected chi connectivity index (χ1v) is 12.4. The number of benzene rings is 2. The van der Waals surface area contributed by atoms with E-state index in [4.69, 9.17) is 31.0 Å². The Morgan fingerprint density at radius 1 is 1.03 bits per heavy atom. The molecule has 0 unspecified atom stereocenters. The molecule has 8 heteroatoms. The molecule has 1 aromatic heterocycles. The summed E-state index contributed by atoms with van der Waals surface area (Å²) in [5, 5.41) is 0.446. The summed E-state index contributed by atoms with van der Waals surface area (Å²) in [6.45, 7) is 5.05. The molecule has 0 saturated carbocycles. The molecule has 0 bridgehead atoms. The van der Waals surface area contributed by atoms with Crippen LogP contribution in [0, 0.1) is 5.92 Å². The third-order valence-corrected chi connectivity index (χ3v) is 7.05. The second-order valence-corrected chi connectivity index (χ2v) is 9.57. The Morgan fingerprint density at radius 3 is 2.57 bits per heavy atom. The lowest BCUT2D eigenvalue weighted by molar-refractivity contribution is 0.0732. The van der Waals surface area contributed by atoms with Crippen LogP contribution in [0.1, 0.15) is 41.4 Å². The van der Waals surface area contributed by atoms with Crippen molar-refractivity contribution in [1.29, 1.82) is 0 Å². The van der Waals surface area contributed by atoms with Crippen molar-refractivity contribution in [1.82, 2.24) is 14.9 Å². The molecule has 0 aliphatic carbocycles. The van der Waals surface area contributed by atoms with Crippen molar-refractivity contribution in [3.63, 3.8) is 0 Å². The van der Waals surface area contributed by atoms with E-state index in [9.17, 15) is 4.79 Å². The Kier molecular flexibility index (Phi) is 6.77. The van der Waals surface area contributed by atoms with Gasteiger partial charge in [0, 0.05) is 32.1 Å². The van der Waals surface area contributed by atoms with Gasteiger partial charge in [0.05, 0.1) is 35.5 Å². The van der Waals surface area contributed by atoms with Crippen molar-refractivity contribution in [2.75, 3.05) is 31.6 Å². The molecule has 0 N–H and O–H groups in total. The number of piperidine rings is 1. The van der Waals surface area contributed by atoms with Crippen molar-refractivity contribution in [2.45, 2.75) is 32.7 Å². The van der Waals surface area contributed by atoms with Gasteiger partial charge in [-0.25, -0.2) is 4.98 Å². The zero-order valence-electron chi connectivity index (χ0n) is 20.0. The van der Waals surface area contributed by atoms with E-state index in [2.05, 4.69) is 11.8 Å². The fourth-order valence-electron chi connectivity index (χ4n) is 4.56. The molecule has 1 amide bonds. The first-order chi connectivity index (χ1) is 17.0. The van der Waals surface area contributed by atoms with Gasteiger partial charge in [-0.1, -0.05) is 36.7 Å². The number of anilines is 1. The van der Waals surface area contributed by atoms with Gasteiger partial charge in [-0.05, 0) is 43.0 Å². The third-order valence-electron chi connectivity index (χ3n) is 6.72. The van der Waals surface area contributed by atoms with Crippen molar-refractivity contribution < 1.29 is 14.3 Å². The highest BCUT2D eigenvalue weighted by Crippen LogP contribution is 2.34. The molecule has 0 spiro atoms. The Hall–Kier alpha value is -3.32. The molecule has 5 rings (SSSR count). The van der Waals surface area contributed by atoms with Crippen LogP contribution in [0.15, 0.2) is 48.5 Å². The maximum Gasteiger partial charge on any atom is 0.255 e. The van der Waals surface area contributed by atoms with Crippen molar-refractivity contribution in [2.24, 2.45) is 5.92 Å². The highest BCUT2D eigenvalue weighted by atomic mass is 35.5. The van der Waals surface area contributed by atoms with Gasteiger partial charge in [-0.3, -0.25) is 4.79 Å². The lowest BCUT2D eigenvalue weighted by Gasteiger charge is -2.33. The molecule has 2 aliphatic heterocycles. The summed E-state index contributed by atoms with van der Waals surface area (Å²) in [7, 11) is 1.62. The Labute approximate surface area is 210 Å². The summed E-state index contributed by atoms with van der Waals surface area (Å²) < 4.78 is 11.7. The first kappa shape index (κ1) is 23.4. The summed E-state index contributed by atoms with van der Waals surface area (Å²) >= 11 is 6.31. The van der Waals surface area contributed by atoms with Gasteiger partial charge in [-0.2, -0.15) is 4.98 Å². The average molecular weight is 493 g/mol. The lowest BCUT2D eigenvalue weighted by atomic mass is 9.99. The van der Waals surface area contributed by atoms with E-state index >= 15 is 0 Å². The number of carbonyl (C=O) groups excluding carboxylic acids is 1. The molecule has 182 valence electrons. The van der Waals surface area contributed by atoms with Gasteiger partial charge in [0.2, 0.25) is 11.8 Å². The number of methoxy groups -OCH3 is 1. The van der Waals surface area contributed by atoms with Crippen LogP contribution in [0.3, 0.4) is 0 Å². The molecule has 35 heavy (non-hydrogen) atoms. The monoisotopic (exact) mass is 492 g/mol. The van der Waals surface area contributed by atoms with Crippen LogP contribution in [0.25, 0.3) is 0 Å². The van der Waals surface area contributed by atoms with E-state index in [0.29, 0.717) is 59.3 Å². The summed E-state index contributed by atoms with van der Waals surface area (Å²) in [6, 6.07) is 14.6. The van der Waals surface area contributed by atoms with Gasteiger partial charge in [0.15, 0.2) is 0 Å². The SMILES string of the molecule is COc1cccc(Oc2nc(N3CCC(C)CC3)nc3c2CN(C(=O)c2ccccc2Cl)CC3)c1. The van der Waals surface area contributed by atoms with Gasteiger partial charge in [0.1, 0.15) is 11.5 Å². The lowest BCUT2D eigenvalue weighted by Crippen LogP contribution is -2.38. The van der Waals surface area contributed by atoms with E-state index in [1.54, 1.807) is 24.1 Å². The fraction of sp³-hybridized carbons (Fsp3) is 0.370. The Bertz CT molecular complexity index is 1230. The highest BCUT2D eigenvalue weighted by molar-refractivity contribution is 6.33. The van der Waals surface area contributed by atoms with Crippen LogP contribution in [0.2, 0.25) is 5.02 Å². The molecule has 1 saturated heterocycles. The van der Waals surface area contributed by atoms with E-state index in [0.717, 1.165) is 37.2 Å². The van der Waals surface area contributed by atoms with Crippen LogP contribution in [0.5, 0.6) is 17.4 Å². The van der Waals surface area contributed by atoms with Gasteiger partial charge in [-0.15, -0.1) is 0 Å². The highest BCUT2D eigenvalue weighted by Gasteiger charge is 2.29. The van der Waals surface area contributed by atoms with E-state index in [1.807, 2.05) is 36.4 Å². The van der Waals surface area contributed by atoms with Gasteiger partial charge < -0.3 is 19.3 Å². The van der Waals surface area contributed by atoms with Crippen molar-refractivity contribution in [3.05, 3.63) is 70.4 Å². The maximum atomic E-state index is 13.3. The number of ether oxygens (including phenoxy) is 2. The molecule has 0 radical (unpaired) electrons. The van der Waals surface area contributed by atoms with Crippen LogP contribution in [-0.2, 0) is 13.0 Å². The summed E-state index contributed by atoms with van der Waals surface area (Å²) in [5.74, 6) is 3.10. The van der Waals surface area contributed by atoms with Crippen LogP contribution >= 0.6 is 11.6 Å². The van der Waals surface area contributed by atoms with Crippen molar-refractivity contribution in [3.8, 4) is 17.4 Å². The zero-order valence-corrected chi connectivity index (χ0v) is 20.8. The molecule has 3 aromatic rings. The minimum Gasteiger partial charge on any atom is -0.497 e. The molecule has 1 fully saturated rings. The molecule has 2 aliphatic rings. The Morgan fingerprint density at radius 2 is 1.80 bits per heavy atom. The van der Waals surface area contributed by atoms with E-state index in [1.165, 1.54) is 0 Å². The fourth-order valence-corrected chi connectivity index (χ4v) is 4.78. The average Bonchev–Trinajstić information content (AvgIpc) is 2.89. The van der Waals surface area contributed by atoms with E-state index < -0.39 is 0 Å². The molecular formula is C27H29ClN4O3. The summed E-state index contributed by atoms with van der Waals surface area (Å²) in [6.07, 6.45) is 2.86. The second kappa shape index (κ2) is 10.1. The third kappa shape index (κ3) is 5.05. The number of aromatic nitrogens is 2. The standard InChI is InChI=1S/C27H29ClN4O3/c1-18-10-13-31(14-11-18)27-29-24-12-15-32(26(33)21-8-3-4-9-23(21)28)17-22(24)25(30-27)35-20-7-5-6-19(16-20)34-2/h3-9,16,18H,10-15,17H2,1-2H3. The van der Waals surface area contributed by atoms with Gasteiger partial charge >= 0.3 is 0 Å². The number of carbonyl (C=O) groups is 1. The van der Waals surface area contributed by atoms with Crippen molar-refractivity contribution >= 4 is 23.5 Å². The van der Waals surface area contributed by atoms with E-state index in [-0.39, 0.29) is 5.91 Å². The maximum absolute atomic E-state index is 13.3. The molecule has 7 nitrogen and oxygen atoms in total. The quantitative estimate of drug-likeness (QED) is 0.477. The van der Waals surface area contributed by atoms with Crippen LogP contribution in [-0.4, -0.2) is 47.5 Å². The first-order valence-electron chi connectivity index (χ1n) is 12.0. The minimum absolute atomic E-state index is 0.109. The van der Waals surface area contributed by atoms with Gasteiger partial charge in [0.25, 0.3) is 5.91 Å². The number of halogens is 1. The number of nitrogens with zero attached hydrogens (tertiary/aromatic N) is 4. The number of hydrogen-bond acceptors (Lipinski definition) is 6. The molecule has 0 atom stereocenters. The number of hydrogen-bond donors (Lipinski definition) is 0. The zero-order chi connectivity index (χ0) is 24.4. The summed E-state index contributed by atoms with van der Waals surface area (Å²) in [5.41, 5.74) is 2.25. The number of amides is 1. The molecule has 3 heterocycles. The molecule has 2 aromatic carbocycles. The smallest absolute Gasteiger partial charge is 0.255 e. The predicted octanol–water partition coefficient (Wildman–Crippen LogP) is 5.37.